The van der Waals surface area contributed by atoms with Gasteiger partial charge in [-0.15, -0.1) is 0 Å². The fourth-order valence-corrected chi connectivity index (χ4v) is 1.45. The highest BCUT2D eigenvalue weighted by Crippen LogP contribution is 2.20. The van der Waals surface area contributed by atoms with E-state index in [9.17, 15) is 4.79 Å². The minimum Gasteiger partial charge on any atom is -0.413 e. The van der Waals surface area contributed by atoms with Crippen LogP contribution in [0.4, 0.5) is 0 Å². The Morgan fingerprint density at radius 3 is 2.58 bits per heavy atom. The average Bonchev–Trinajstić information content (AvgIpc) is 2.06. The Balaban J connectivity index is 2.15. The van der Waals surface area contributed by atoms with E-state index >= 15 is 0 Å². The molecule has 1 saturated carbocycles. The maximum Gasteiger partial charge on any atom is 0.315 e. The lowest BCUT2D eigenvalue weighted by molar-refractivity contribution is -0.265. The first-order valence-electron chi connectivity index (χ1n) is 4.25. The van der Waals surface area contributed by atoms with Crippen LogP contribution in [-0.4, -0.2) is 24.2 Å². The van der Waals surface area contributed by atoms with Gasteiger partial charge in [-0.05, 0) is 12.8 Å². The summed E-state index contributed by atoms with van der Waals surface area (Å²) in [5.41, 5.74) is 0. The summed E-state index contributed by atoms with van der Waals surface area (Å²) in [7, 11) is 0. The number of rotatable bonds is 4. The van der Waals surface area contributed by atoms with Crippen molar-refractivity contribution in [1.82, 2.24) is 0 Å². The van der Waals surface area contributed by atoms with Crippen molar-refractivity contribution in [2.75, 3.05) is 0 Å². The largest absolute Gasteiger partial charge is 0.413 e. The molecule has 0 aromatic carbocycles. The van der Waals surface area contributed by atoms with Gasteiger partial charge in [-0.3, -0.25) is 4.79 Å². The van der Waals surface area contributed by atoms with Crippen LogP contribution in [0.1, 0.15) is 32.1 Å². The molecule has 4 nitrogen and oxygen atoms in total. The number of ether oxygens (including phenoxy) is 2. The maximum atomic E-state index is 9.79. The smallest absolute Gasteiger partial charge is 0.315 e. The van der Waals surface area contributed by atoms with Crippen molar-refractivity contribution >= 4 is 6.47 Å². The summed E-state index contributed by atoms with van der Waals surface area (Å²) in [5, 5.41) is 8.93. The molecule has 0 bridgehead atoms. The van der Waals surface area contributed by atoms with E-state index in [0.29, 0.717) is 0 Å². The normalized spacial score (nSPS) is 21.8. The molecule has 0 saturated heterocycles. The first kappa shape index (κ1) is 9.48. The van der Waals surface area contributed by atoms with Crippen LogP contribution >= 0.6 is 0 Å². The van der Waals surface area contributed by atoms with E-state index in [4.69, 9.17) is 9.84 Å². The van der Waals surface area contributed by atoms with Gasteiger partial charge in [0, 0.05) is 0 Å². The fraction of sp³-hybridized carbons (Fsp3) is 0.875. The Bertz CT molecular complexity index is 131. The molecule has 70 valence electrons. The Kier molecular flexibility index (Phi) is 4.04. The van der Waals surface area contributed by atoms with E-state index in [1.165, 1.54) is 6.42 Å². The average molecular weight is 174 g/mol. The van der Waals surface area contributed by atoms with Gasteiger partial charge in [-0.2, -0.15) is 0 Å². The van der Waals surface area contributed by atoms with E-state index < -0.39 is 6.48 Å². The van der Waals surface area contributed by atoms with Gasteiger partial charge in [-0.1, -0.05) is 19.3 Å². The third-order valence-corrected chi connectivity index (χ3v) is 2.03. The number of carbonyl (C=O) groups is 1. The lowest BCUT2D eigenvalue weighted by Crippen LogP contribution is -2.25. The predicted octanol–water partition coefficient (Wildman–Crippen LogP) is 0.785. The van der Waals surface area contributed by atoms with Crippen molar-refractivity contribution in [3.8, 4) is 0 Å². The minimum atomic E-state index is -1.38. The third kappa shape index (κ3) is 3.19. The standard InChI is InChI=1S/C8H14O4/c9-6-11-8(10)12-7-4-2-1-3-5-7/h6-8,10H,1-5H2. The summed E-state index contributed by atoms with van der Waals surface area (Å²) in [6.07, 6.45) is 5.41. The molecule has 1 unspecified atom stereocenters. The molecule has 0 aromatic heterocycles. The third-order valence-electron chi connectivity index (χ3n) is 2.03. The van der Waals surface area contributed by atoms with Crippen molar-refractivity contribution in [3.63, 3.8) is 0 Å². The molecule has 0 aliphatic heterocycles. The number of carbonyl (C=O) groups excluding carboxylic acids is 1. The summed E-state index contributed by atoms with van der Waals surface area (Å²) >= 11 is 0. The Hall–Kier alpha value is -0.610. The van der Waals surface area contributed by atoms with Crippen molar-refractivity contribution in [1.29, 1.82) is 0 Å². The van der Waals surface area contributed by atoms with Crippen LogP contribution in [0.15, 0.2) is 0 Å². The van der Waals surface area contributed by atoms with Gasteiger partial charge in [0.2, 0.25) is 0 Å². The molecule has 1 rings (SSSR count). The van der Waals surface area contributed by atoms with Crippen molar-refractivity contribution in [2.45, 2.75) is 44.7 Å². The number of aliphatic hydroxyl groups excluding tert-OH is 1. The van der Waals surface area contributed by atoms with Crippen LogP contribution in [-0.2, 0) is 14.3 Å². The zero-order valence-corrected chi connectivity index (χ0v) is 6.94. The second-order valence-electron chi connectivity index (χ2n) is 2.94. The molecular weight excluding hydrogens is 160 g/mol. The van der Waals surface area contributed by atoms with Crippen molar-refractivity contribution < 1.29 is 19.4 Å². The molecular formula is C8H14O4. The lowest BCUT2D eigenvalue weighted by atomic mass is 9.98. The molecule has 1 atom stereocenters. The van der Waals surface area contributed by atoms with Crippen molar-refractivity contribution in [2.24, 2.45) is 0 Å². The molecule has 0 radical (unpaired) electrons. The highest BCUT2D eigenvalue weighted by atomic mass is 16.8. The fourth-order valence-electron chi connectivity index (χ4n) is 1.45. The van der Waals surface area contributed by atoms with Gasteiger partial charge in [-0.25, -0.2) is 0 Å². The van der Waals surface area contributed by atoms with Gasteiger partial charge >= 0.3 is 6.48 Å². The lowest BCUT2D eigenvalue weighted by Gasteiger charge is -2.23. The molecule has 0 amide bonds. The number of hydrogen-bond donors (Lipinski definition) is 1. The van der Waals surface area contributed by atoms with Crippen LogP contribution in [0.2, 0.25) is 0 Å². The van der Waals surface area contributed by atoms with E-state index in [-0.39, 0.29) is 12.6 Å². The van der Waals surface area contributed by atoms with Crippen LogP contribution in [0.5, 0.6) is 0 Å². The summed E-state index contributed by atoms with van der Waals surface area (Å²) in [6, 6.07) is 0. The Morgan fingerprint density at radius 2 is 2.00 bits per heavy atom. The SMILES string of the molecule is O=COC(O)OC1CCCCC1. The van der Waals surface area contributed by atoms with Crippen molar-refractivity contribution in [3.05, 3.63) is 0 Å². The van der Waals surface area contributed by atoms with Crippen LogP contribution in [0, 0.1) is 0 Å². The molecule has 1 aliphatic carbocycles. The monoisotopic (exact) mass is 174 g/mol. The van der Waals surface area contributed by atoms with Gasteiger partial charge in [0.15, 0.2) is 0 Å². The topological polar surface area (TPSA) is 55.8 Å². The molecule has 0 heterocycles. The first-order valence-corrected chi connectivity index (χ1v) is 4.25. The van der Waals surface area contributed by atoms with E-state index in [1.807, 2.05) is 0 Å². The zero-order valence-electron chi connectivity index (χ0n) is 6.94. The van der Waals surface area contributed by atoms with Crippen LogP contribution < -0.4 is 0 Å². The molecule has 0 aromatic rings. The molecule has 4 heteroatoms. The molecule has 1 aliphatic rings. The summed E-state index contributed by atoms with van der Waals surface area (Å²) in [5.74, 6) is 0. The van der Waals surface area contributed by atoms with Gasteiger partial charge < -0.3 is 14.6 Å². The van der Waals surface area contributed by atoms with Crippen LogP contribution in [0.3, 0.4) is 0 Å². The molecule has 1 fully saturated rings. The van der Waals surface area contributed by atoms with E-state index in [0.717, 1.165) is 25.7 Å². The first-order chi connectivity index (χ1) is 5.83. The van der Waals surface area contributed by atoms with E-state index in [2.05, 4.69) is 4.74 Å². The minimum absolute atomic E-state index is 0.0497. The van der Waals surface area contributed by atoms with Gasteiger partial charge in [0.25, 0.3) is 6.47 Å². The highest BCUT2D eigenvalue weighted by molar-refractivity contribution is 5.36. The zero-order chi connectivity index (χ0) is 8.81. The Morgan fingerprint density at radius 1 is 1.33 bits per heavy atom. The molecule has 1 N–H and O–H groups in total. The predicted molar refractivity (Wildman–Crippen MR) is 41.1 cm³/mol. The van der Waals surface area contributed by atoms with E-state index in [1.54, 1.807) is 0 Å². The summed E-state index contributed by atoms with van der Waals surface area (Å²) < 4.78 is 9.23. The maximum absolute atomic E-state index is 9.79. The number of hydrogen-bond acceptors (Lipinski definition) is 4. The summed E-state index contributed by atoms with van der Waals surface area (Å²) in [4.78, 5) is 9.79. The highest BCUT2D eigenvalue weighted by Gasteiger charge is 2.17. The van der Waals surface area contributed by atoms with Gasteiger partial charge in [0.05, 0.1) is 6.10 Å². The van der Waals surface area contributed by atoms with Gasteiger partial charge in [0.1, 0.15) is 0 Å². The van der Waals surface area contributed by atoms with Crippen LogP contribution in [0.25, 0.3) is 0 Å². The second-order valence-corrected chi connectivity index (χ2v) is 2.94. The molecule has 0 spiro atoms. The summed E-state index contributed by atoms with van der Waals surface area (Å²) in [6.45, 7) is -1.20. The Labute approximate surface area is 71.5 Å². The second kappa shape index (κ2) is 5.11. The number of aliphatic hydroxyl groups is 1. The molecule has 12 heavy (non-hydrogen) atoms. The quantitative estimate of drug-likeness (QED) is 0.505.